The Kier molecular flexibility index (Phi) is 2.82. The van der Waals surface area contributed by atoms with E-state index in [1.165, 1.54) is 7.11 Å². The second-order valence-electron chi connectivity index (χ2n) is 4.86. The molecule has 3 nitrogen and oxygen atoms in total. The number of carbonyl (C=O) groups excluding carboxylic acids is 2. The van der Waals surface area contributed by atoms with E-state index in [4.69, 9.17) is 0 Å². The van der Waals surface area contributed by atoms with Crippen LogP contribution in [0.15, 0.2) is 42.5 Å². The van der Waals surface area contributed by atoms with Crippen molar-refractivity contribution in [1.29, 1.82) is 0 Å². The van der Waals surface area contributed by atoms with Gasteiger partial charge in [0.15, 0.2) is 5.78 Å². The molecule has 0 aliphatic heterocycles. The number of Topliss-reactive ketones (excluding diaryl/α,β-unsaturated/α-hetero) is 1. The largest absolute Gasteiger partial charge is 0.469 e. The van der Waals surface area contributed by atoms with Gasteiger partial charge in [-0.3, -0.25) is 9.59 Å². The molecule has 96 valence electrons. The Bertz CT molecular complexity index is 655. The van der Waals surface area contributed by atoms with Gasteiger partial charge >= 0.3 is 5.97 Å². The van der Waals surface area contributed by atoms with Crippen LogP contribution in [0.4, 0.5) is 0 Å². The molecule has 0 saturated heterocycles. The normalized spacial score (nSPS) is 21.1. The number of fused-ring (bicyclic) bond motifs is 1. The molecule has 19 heavy (non-hydrogen) atoms. The van der Waals surface area contributed by atoms with Crippen molar-refractivity contribution in [3.05, 3.63) is 48.0 Å². The third kappa shape index (κ3) is 2.01. The minimum absolute atomic E-state index is 0.0483. The predicted molar refractivity (Wildman–Crippen MR) is 71.9 cm³/mol. The summed E-state index contributed by atoms with van der Waals surface area (Å²) in [5, 5.41) is 1.99. The molecule has 1 aliphatic carbocycles. The van der Waals surface area contributed by atoms with Crippen molar-refractivity contribution in [2.75, 3.05) is 7.11 Å². The number of benzene rings is 2. The number of hydrogen-bond donors (Lipinski definition) is 0. The number of methoxy groups -OCH3 is 1. The number of carbonyl (C=O) groups is 2. The lowest BCUT2D eigenvalue weighted by Crippen LogP contribution is -2.10. The smallest absolute Gasteiger partial charge is 0.309 e. The minimum Gasteiger partial charge on any atom is -0.469 e. The SMILES string of the molecule is COC(=O)[C@H]1C[C@H]1C(=O)c1cccc2ccccc12. The van der Waals surface area contributed by atoms with Crippen LogP contribution >= 0.6 is 0 Å². The molecule has 0 bridgehead atoms. The van der Waals surface area contributed by atoms with E-state index in [1.807, 2.05) is 42.5 Å². The maximum Gasteiger partial charge on any atom is 0.309 e. The summed E-state index contributed by atoms with van der Waals surface area (Å²) in [6.45, 7) is 0. The van der Waals surface area contributed by atoms with Gasteiger partial charge in [-0.2, -0.15) is 0 Å². The van der Waals surface area contributed by atoms with Gasteiger partial charge in [-0.05, 0) is 17.2 Å². The summed E-state index contributed by atoms with van der Waals surface area (Å²) in [5.74, 6) is -0.694. The first-order chi connectivity index (χ1) is 9.22. The highest BCUT2D eigenvalue weighted by molar-refractivity contribution is 6.11. The number of rotatable bonds is 3. The van der Waals surface area contributed by atoms with Crippen molar-refractivity contribution in [2.45, 2.75) is 6.42 Å². The summed E-state index contributed by atoms with van der Waals surface area (Å²) in [4.78, 5) is 23.9. The van der Waals surface area contributed by atoms with Gasteiger partial charge < -0.3 is 4.74 Å². The molecular formula is C16H14O3. The van der Waals surface area contributed by atoms with Gasteiger partial charge in [0.25, 0.3) is 0 Å². The minimum atomic E-state index is -0.279. The van der Waals surface area contributed by atoms with Gasteiger partial charge in [0.05, 0.1) is 13.0 Å². The van der Waals surface area contributed by atoms with Crippen LogP contribution in [-0.2, 0) is 9.53 Å². The first kappa shape index (κ1) is 11.9. The van der Waals surface area contributed by atoms with Crippen molar-refractivity contribution in [3.63, 3.8) is 0 Å². The van der Waals surface area contributed by atoms with Crippen LogP contribution in [0.25, 0.3) is 10.8 Å². The van der Waals surface area contributed by atoms with Crippen LogP contribution in [0.3, 0.4) is 0 Å². The van der Waals surface area contributed by atoms with E-state index in [1.54, 1.807) is 0 Å². The Morgan fingerprint density at radius 3 is 2.58 bits per heavy atom. The highest BCUT2D eigenvalue weighted by atomic mass is 16.5. The van der Waals surface area contributed by atoms with Crippen LogP contribution in [0.2, 0.25) is 0 Å². The fourth-order valence-electron chi connectivity index (χ4n) is 2.54. The average Bonchev–Trinajstić information content (AvgIpc) is 3.25. The molecule has 2 atom stereocenters. The number of hydrogen-bond acceptors (Lipinski definition) is 3. The number of esters is 1. The zero-order valence-electron chi connectivity index (χ0n) is 10.6. The molecule has 1 fully saturated rings. The molecule has 0 spiro atoms. The van der Waals surface area contributed by atoms with Gasteiger partial charge in [-0.15, -0.1) is 0 Å². The molecule has 0 amide bonds. The Labute approximate surface area is 111 Å². The van der Waals surface area contributed by atoms with Crippen LogP contribution in [0.5, 0.6) is 0 Å². The highest BCUT2D eigenvalue weighted by Crippen LogP contribution is 2.42. The molecule has 3 heteroatoms. The first-order valence-electron chi connectivity index (χ1n) is 6.32. The molecule has 0 aromatic heterocycles. The van der Waals surface area contributed by atoms with E-state index in [2.05, 4.69) is 4.74 Å². The first-order valence-corrected chi connectivity index (χ1v) is 6.32. The second-order valence-corrected chi connectivity index (χ2v) is 4.86. The molecule has 0 unspecified atom stereocenters. The Morgan fingerprint density at radius 2 is 1.79 bits per heavy atom. The quantitative estimate of drug-likeness (QED) is 0.625. The van der Waals surface area contributed by atoms with Crippen molar-refractivity contribution >= 4 is 22.5 Å². The van der Waals surface area contributed by atoms with Crippen LogP contribution < -0.4 is 0 Å². The van der Waals surface area contributed by atoms with E-state index in [0.717, 1.165) is 10.8 Å². The lowest BCUT2D eigenvalue weighted by Gasteiger charge is -2.05. The summed E-state index contributed by atoms with van der Waals surface area (Å²) in [6, 6.07) is 13.5. The van der Waals surface area contributed by atoms with Crippen LogP contribution in [0.1, 0.15) is 16.8 Å². The number of ether oxygens (including phenoxy) is 1. The molecule has 2 aromatic rings. The highest BCUT2D eigenvalue weighted by Gasteiger charge is 2.49. The predicted octanol–water partition coefficient (Wildman–Crippen LogP) is 2.83. The van der Waals surface area contributed by atoms with Crippen molar-refractivity contribution in [1.82, 2.24) is 0 Å². The molecule has 2 aromatic carbocycles. The average molecular weight is 254 g/mol. The maximum absolute atomic E-state index is 12.4. The van der Waals surface area contributed by atoms with E-state index in [-0.39, 0.29) is 23.6 Å². The summed E-state index contributed by atoms with van der Waals surface area (Å²) in [7, 11) is 1.36. The number of ketones is 1. The zero-order chi connectivity index (χ0) is 13.4. The van der Waals surface area contributed by atoms with E-state index < -0.39 is 0 Å². The van der Waals surface area contributed by atoms with E-state index in [0.29, 0.717) is 12.0 Å². The molecule has 0 radical (unpaired) electrons. The van der Waals surface area contributed by atoms with Crippen molar-refractivity contribution < 1.29 is 14.3 Å². The van der Waals surface area contributed by atoms with Crippen molar-refractivity contribution in [2.24, 2.45) is 11.8 Å². The molecule has 3 rings (SSSR count). The van der Waals surface area contributed by atoms with Gasteiger partial charge in [-0.1, -0.05) is 42.5 Å². The fourth-order valence-corrected chi connectivity index (χ4v) is 2.54. The molecular weight excluding hydrogens is 240 g/mol. The van der Waals surface area contributed by atoms with E-state index in [9.17, 15) is 9.59 Å². The summed E-state index contributed by atoms with van der Waals surface area (Å²) in [6.07, 6.45) is 0.606. The lowest BCUT2D eigenvalue weighted by molar-refractivity contribution is -0.142. The zero-order valence-corrected chi connectivity index (χ0v) is 10.6. The Hall–Kier alpha value is -2.16. The van der Waals surface area contributed by atoms with E-state index >= 15 is 0 Å². The van der Waals surface area contributed by atoms with Gasteiger partial charge in [-0.25, -0.2) is 0 Å². The molecule has 0 N–H and O–H groups in total. The van der Waals surface area contributed by atoms with Crippen molar-refractivity contribution in [3.8, 4) is 0 Å². The molecule has 0 heterocycles. The fraction of sp³-hybridized carbons (Fsp3) is 0.250. The monoisotopic (exact) mass is 254 g/mol. The third-order valence-electron chi connectivity index (χ3n) is 3.69. The summed E-state index contributed by atoms with van der Waals surface area (Å²) < 4.78 is 4.69. The standard InChI is InChI=1S/C16H14O3/c1-19-16(18)14-9-13(14)15(17)12-8-4-6-10-5-2-3-7-11(10)12/h2-8,13-14H,9H2,1H3/t13-,14+/m1/s1. The van der Waals surface area contributed by atoms with Gasteiger partial charge in [0.2, 0.25) is 0 Å². The topological polar surface area (TPSA) is 43.4 Å². The molecule has 1 saturated carbocycles. The van der Waals surface area contributed by atoms with Crippen LogP contribution in [0, 0.1) is 11.8 Å². The summed E-state index contributed by atoms with van der Waals surface area (Å²) in [5.41, 5.74) is 0.703. The van der Waals surface area contributed by atoms with Gasteiger partial charge in [0.1, 0.15) is 0 Å². The van der Waals surface area contributed by atoms with Crippen LogP contribution in [-0.4, -0.2) is 18.9 Å². The molecule has 1 aliphatic rings. The Balaban J connectivity index is 1.93. The van der Waals surface area contributed by atoms with Gasteiger partial charge in [0, 0.05) is 11.5 Å². The maximum atomic E-state index is 12.4. The summed E-state index contributed by atoms with van der Waals surface area (Å²) >= 11 is 0. The third-order valence-corrected chi connectivity index (χ3v) is 3.69. The lowest BCUT2D eigenvalue weighted by atomic mass is 9.98. The second kappa shape index (κ2) is 4.50. The Morgan fingerprint density at radius 1 is 1.05 bits per heavy atom.